The number of carbonyl (C=O) groups is 2. The number of nitrogens with zero attached hydrogens (tertiary/aromatic N) is 3. The highest BCUT2D eigenvalue weighted by Gasteiger charge is 2.44. The molecule has 2 fully saturated rings. The molecule has 1 aromatic rings. The predicted octanol–water partition coefficient (Wildman–Crippen LogP) is 2.10. The number of hydrogen-bond acceptors (Lipinski definition) is 3. The van der Waals surface area contributed by atoms with Crippen molar-refractivity contribution in [2.75, 3.05) is 46.8 Å². The molecule has 0 bridgehead atoms. The van der Waals surface area contributed by atoms with Crippen LogP contribution in [0.4, 0.5) is 0 Å². The van der Waals surface area contributed by atoms with Gasteiger partial charge >= 0.3 is 0 Å². The van der Waals surface area contributed by atoms with Gasteiger partial charge in [-0.25, -0.2) is 0 Å². The summed E-state index contributed by atoms with van der Waals surface area (Å²) in [6, 6.07) is 10.2. The average Bonchev–Trinajstić information content (AvgIpc) is 2.93. The van der Waals surface area contributed by atoms with E-state index in [2.05, 4.69) is 29.2 Å². The second-order valence-corrected chi connectivity index (χ2v) is 7.83. The summed E-state index contributed by atoms with van der Waals surface area (Å²) in [5.41, 5.74) is 1.27. The predicted molar refractivity (Wildman–Crippen MR) is 103 cm³/mol. The third-order valence-corrected chi connectivity index (χ3v) is 5.62. The molecule has 1 spiro atoms. The lowest BCUT2D eigenvalue weighted by atomic mass is 9.77. The molecule has 1 aromatic carbocycles. The number of likely N-dealkylation sites (N-methyl/N-ethyl adjacent to an activating group) is 1. The van der Waals surface area contributed by atoms with Crippen molar-refractivity contribution < 1.29 is 9.59 Å². The fourth-order valence-corrected chi connectivity index (χ4v) is 3.88. The number of amides is 2. The van der Waals surface area contributed by atoms with Gasteiger partial charge in [0.1, 0.15) is 0 Å². The van der Waals surface area contributed by atoms with Gasteiger partial charge in [0, 0.05) is 33.6 Å². The lowest BCUT2D eigenvalue weighted by Gasteiger charge is -2.38. The van der Waals surface area contributed by atoms with Crippen molar-refractivity contribution in [1.82, 2.24) is 14.7 Å². The maximum absolute atomic E-state index is 12.5. The van der Waals surface area contributed by atoms with E-state index >= 15 is 0 Å². The second-order valence-electron chi connectivity index (χ2n) is 7.83. The van der Waals surface area contributed by atoms with Crippen molar-refractivity contribution >= 4 is 17.9 Å². The Morgan fingerprint density at radius 1 is 1.19 bits per heavy atom. The Bertz CT molecular complexity index is 661. The van der Waals surface area contributed by atoms with E-state index in [9.17, 15) is 9.59 Å². The van der Waals surface area contributed by atoms with Crippen LogP contribution >= 0.6 is 0 Å². The molecule has 0 unspecified atom stereocenters. The smallest absolute Gasteiger partial charge is 0.236 e. The van der Waals surface area contributed by atoms with Gasteiger partial charge in [-0.2, -0.15) is 0 Å². The fraction of sp³-hybridized carbons (Fsp3) is 0.524. The van der Waals surface area contributed by atoms with Crippen LogP contribution in [0.1, 0.15) is 24.8 Å². The molecule has 5 heteroatoms. The number of benzene rings is 1. The summed E-state index contributed by atoms with van der Waals surface area (Å²) in [5, 5.41) is 0. The van der Waals surface area contributed by atoms with Gasteiger partial charge in [0.2, 0.25) is 11.8 Å². The van der Waals surface area contributed by atoms with Gasteiger partial charge in [0.25, 0.3) is 0 Å². The highest BCUT2D eigenvalue weighted by molar-refractivity contribution is 5.80. The molecular weight excluding hydrogens is 326 g/mol. The van der Waals surface area contributed by atoms with E-state index in [1.54, 1.807) is 19.0 Å². The van der Waals surface area contributed by atoms with Crippen molar-refractivity contribution in [3.63, 3.8) is 0 Å². The number of hydrogen-bond donors (Lipinski definition) is 0. The topological polar surface area (TPSA) is 43.9 Å². The molecule has 140 valence electrons. The maximum Gasteiger partial charge on any atom is 0.236 e. The van der Waals surface area contributed by atoms with Crippen molar-refractivity contribution in [3.8, 4) is 0 Å². The second kappa shape index (κ2) is 8.04. The first kappa shape index (κ1) is 18.6. The monoisotopic (exact) mass is 355 g/mol. The van der Waals surface area contributed by atoms with Crippen molar-refractivity contribution in [1.29, 1.82) is 0 Å². The SMILES string of the molecule is CN(C)C(=O)CN1CCC2(CC1)CC(=O)N(C/C=C/c1ccccc1)C2. The fourth-order valence-electron chi connectivity index (χ4n) is 3.88. The van der Waals surface area contributed by atoms with E-state index in [1.165, 1.54) is 0 Å². The Labute approximate surface area is 156 Å². The molecule has 5 nitrogen and oxygen atoms in total. The van der Waals surface area contributed by atoms with Gasteiger partial charge in [-0.05, 0) is 36.9 Å². The summed E-state index contributed by atoms with van der Waals surface area (Å²) in [6.07, 6.45) is 6.81. The molecular formula is C21H29N3O2. The summed E-state index contributed by atoms with van der Waals surface area (Å²) >= 11 is 0. The number of rotatable bonds is 5. The van der Waals surface area contributed by atoms with Gasteiger partial charge in [-0.1, -0.05) is 42.5 Å². The van der Waals surface area contributed by atoms with Crippen LogP contribution in [0.2, 0.25) is 0 Å². The van der Waals surface area contributed by atoms with Crippen LogP contribution in [0.15, 0.2) is 36.4 Å². The van der Waals surface area contributed by atoms with Crippen LogP contribution in [0, 0.1) is 5.41 Å². The maximum atomic E-state index is 12.5. The summed E-state index contributed by atoms with van der Waals surface area (Å²) < 4.78 is 0. The van der Waals surface area contributed by atoms with Crippen LogP contribution in [-0.4, -0.2) is 73.3 Å². The van der Waals surface area contributed by atoms with E-state index in [0.717, 1.165) is 38.0 Å². The van der Waals surface area contributed by atoms with Crippen molar-refractivity contribution in [2.24, 2.45) is 5.41 Å². The van der Waals surface area contributed by atoms with E-state index in [-0.39, 0.29) is 17.2 Å². The number of carbonyl (C=O) groups excluding carboxylic acids is 2. The third kappa shape index (κ3) is 4.52. The normalized spacial score (nSPS) is 20.2. The summed E-state index contributed by atoms with van der Waals surface area (Å²) in [4.78, 5) is 30.2. The van der Waals surface area contributed by atoms with Gasteiger partial charge < -0.3 is 9.80 Å². The Kier molecular flexibility index (Phi) is 5.77. The molecule has 0 N–H and O–H groups in total. The summed E-state index contributed by atoms with van der Waals surface area (Å²) in [7, 11) is 3.59. The Morgan fingerprint density at radius 3 is 2.54 bits per heavy atom. The van der Waals surface area contributed by atoms with Gasteiger partial charge in [0.15, 0.2) is 0 Å². The molecule has 2 amide bonds. The van der Waals surface area contributed by atoms with Crippen molar-refractivity contribution in [3.05, 3.63) is 42.0 Å². The minimum Gasteiger partial charge on any atom is -0.348 e. The first-order valence-electron chi connectivity index (χ1n) is 9.39. The van der Waals surface area contributed by atoms with Gasteiger partial charge in [0.05, 0.1) is 6.54 Å². The lowest BCUT2D eigenvalue weighted by molar-refractivity contribution is -0.130. The average molecular weight is 355 g/mol. The minimum atomic E-state index is 0.106. The molecule has 2 saturated heterocycles. The van der Waals surface area contributed by atoms with Crippen LogP contribution < -0.4 is 0 Å². The summed E-state index contributed by atoms with van der Waals surface area (Å²) in [6.45, 7) is 3.82. The molecule has 0 saturated carbocycles. The zero-order valence-electron chi connectivity index (χ0n) is 15.9. The Morgan fingerprint density at radius 2 is 1.88 bits per heavy atom. The highest BCUT2D eigenvalue weighted by Crippen LogP contribution is 2.40. The Hall–Kier alpha value is -2.14. The van der Waals surface area contributed by atoms with E-state index in [1.807, 2.05) is 23.1 Å². The van der Waals surface area contributed by atoms with Gasteiger partial charge in [-0.3, -0.25) is 14.5 Å². The van der Waals surface area contributed by atoms with E-state index in [4.69, 9.17) is 0 Å². The molecule has 0 aromatic heterocycles. The molecule has 0 aliphatic carbocycles. The Balaban J connectivity index is 1.50. The molecule has 26 heavy (non-hydrogen) atoms. The van der Waals surface area contributed by atoms with Crippen LogP contribution in [0.25, 0.3) is 6.08 Å². The van der Waals surface area contributed by atoms with E-state index < -0.39 is 0 Å². The van der Waals surface area contributed by atoms with Crippen molar-refractivity contribution in [2.45, 2.75) is 19.3 Å². The first-order chi connectivity index (χ1) is 12.5. The minimum absolute atomic E-state index is 0.106. The zero-order valence-corrected chi connectivity index (χ0v) is 15.9. The number of likely N-dealkylation sites (tertiary alicyclic amines) is 2. The van der Waals surface area contributed by atoms with Crippen LogP contribution in [0.5, 0.6) is 0 Å². The molecule has 3 rings (SSSR count). The molecule has 2 aliphatic rings. The zero-order chi connectivity index (χ0) is 18.6. The molecule has 0 atom stereocenters. The molecule has 2 heterocycles. The molecule has 2 aliphatic heterocycles. The van der Waals surface area contributed by atoms with Gasteiger partial charge in [-0.15, -0.1) is 0 Å². The van der Waals surface area contributed by atoms with Crippen LogP contribution in [-0.2, 0) is 9.59 Å². The van der Waals surface area contributed by atoms with E-state index in [0.29, 0.717) is 19.5 Å². The third-order valence-electron chi connectivity index (χ3n) is 5.62. The largest absolute Gasteiger partial charge is 0.348 e. The lowest BCUT2D eigenvalue weighted by Crippen LogP contribution is -2.45. The molecule has 0 radical (unpaired) electrons. The standard InChI is InChI=1S/C21H29N3O2/c1-22(2)20(26)16-23-13-10-21(11-14-23)15-19(25)24(17-21)12-6-9-18-7-4-3-5-8-18/h3-9H,10-17H2,1-2H3/b9-6+. The highest BCUT2D eigenvalue weighted by atomic mass is 16.2. The summed E-state index contributed by atoms with van der Waals surface area (Å²) in [5.74, 6) is 0.414. The quantitative estimate of drug-likeness (QED) is 0.812. The van der Waals surface area contributed by atoms with Crippen LogP contribution in [0.3, 0.4) is 0 Å². The first-order valence-corrected chi connectivity index (χ1v) is 9.39. The number of piperidine rings is 1.